The predicted molar refractivity (Wildman–Crippen MR) is 103 cm³/mol. The van der Waals surface area contributed by atoms with Crippen molar-refractivity contribution in [1.29, 1.82) is 0 Å². The SMILES string of the molecule is CC(C)c1[nH]nc(C(=O)NC2CCN(C(C)c3ccccc3)C2)c1Br. The molecule has 2 N–H and O–H groups in total. The van der Waals surface area contributed by atoms with E-state index in [-0.39, 0.29) is 17.9 Å². The van der Waals surface area contributed by atoms with Crippen LogP contribution < -0.4 is 5.32 Å². The van der Waals surface area contributed by atoms with E-state index < -0.39 is 0 Å². The van der Waals surface area contributed by atoms with Crippen molar-refractivity contribution >= 4 is 21.8 Å². The number of carbonyl (C=O) groups excluding carboxylic acids is 1. The van der Waals surface area contributed by atoms with Crippen LogP contribution >= 0.6 is 15.9 Å². The Balaban J connectivity index is 1.61. The summed E-state index contributed by atoms with van der Waals surface area (Å²) in [6.07, 6.45) is 0.960. The van der Waals surface area contributed by atoms with Crippen LogP contribution in [0.4, 0.5) is 0 Å². The summed E-state index contributed by atoms with van der Waals surface area (Å²) in [6.45, 7) is 8.21. The summed E-state index contributed by atoms with van der Waals surface area (Å²) >= 11 is 3.50. The first-order chi connectivity index (χ1) is 12.0. The molecule has 0 spiro atoms. The Morgan fingerprint density at radius 3 is 2.68 bits per heavy atom. The molecule has 1 aliphatic rings. The van der Waals surface area contributed by atoms with Gasteiger partial charge in [0.1, 0.15) is 0 Å². The molecule has 1 amide bonds. The number of hydrogen-bond donors (Lipinski definition) is 2. The van der Waals surface area contributed by atoms with Crippen molar-refractivity contribution in [2.75, 3.05) is 13.1 Å². The highest BCUT2D eigenvalue weighted by molar-refractivity contribution is 9.10. The maximum atomic E-state index is 12.6. The van der Waals surface area contributed by atoms with Gasteiger partial charge in [0.05, 0.1) is 10.2 Å². The van der Waals surface area contributed by atoms with Crippen molar-refractivity contribution in [3.8, 4) is 0 Å². The van der Waals surface area contributed by atoms with Gasteiger partial charge in [-0.05, 0) is 40.8 Å². The monoisotopic (exact) mass is 404 g/mol. The minimum atomic E-state index is -0.116. The van der Waals surface area contributed by atoms with E-state index >= 15 is 0 Å². The third-order valence-electron chi connectivity index (χ3n) is 4.91. The lowest BCUT2D eigenvalue weighted by Crippen LogP contribution is -2.37. The lowest BCUT2D eigenvalue weighted by Gasteiger charge is -2.24. The number of halogens is 1. The molecular weight excluding hydrogens is 380 g/mol. The van der Waals surface area contributed by atoms with Gasteiger partial charge >= 0.3 is 0 Å². The number of aromatic amines is 1. The molecule has 6 heteroatoms. The van der Waals surface area contributed by atoms with Gasteiger partial charge in [-0.1, -0.05) is 44.2 Å². The molecule has 2 heterocycles. The van der Waals surface area contributed by atoms with Crippen LogP contribution in [-0.4, -0.2) is 40.1 Å². The van der Waals surface area contributed by atoms with Crippen LogP contribution in [0.25, 0.3) is 0 Å². The summed E-state index contributed by atoms with van der Waals surface area (Å²) in [5.74, 6) is 0.173. The van der Waals surface area contributed by atoms with E-state index in [2.05, 4.69) is 81.4 Å². The van der Waals surface area contributed by atoms with Crippen molar-refractivity contribution in [2.24, 2.45) is 0 Å². The lowest BCUT2D eigenvalue weighted by molar-refractivity contribution is 0.0930. The van der Waals surface area contributed by atoms with Gasteiger partial charge in [0, 0.05) is 25.2 Å². The molecular formula is C19H25BrN4O. The van der Waals surface area contributed by atoms with Gasteiger partial charge in [-0.15, -0.1) is 0 Å². The fourth-order valence-electron chi connectivity index (χ4n) is 3.33. The van der Waals surface area contributed by atoms with E-state index in [9.17, 15) is 4.79 Å². The first kappa shape index (κ1) is 18.1. The third kappa shape index (κ3) is 3.96. The van der Waals surface area contributed by atoms with Gasteiger partial charge in [0.2, 0.25) is 0 Å². The Morgan fingerprint density at radius 1 is 1.32 bits per heavy atom. The van der Waals surface area contributed by atoms with Gasteiger partial charge in [0.25, 0.3) is 5.91 Å². The van der Waals surface area contributed by atoms with Gasteiger partial charge in [0.15, 0.2) is 5.69 Å². The maximum absolute atomic E-state index is 12.6. The summed E-state index contributed by atoms with van der Waals surface area (Å²) in [6, 6.07) is 11.0. The molecule has 1 saturated heterocycles. The van der Waals surface area contributed by atoms with Crippen LogP contribution in [0.3, 0.4) is 0 Å². The van der Waals surface area contributed by atoms with E-state index in [1.54, 1.807) is 0 Å². The molecule has 2 atom stereocenters. The number of carbonyl (C=O) groups is 1. The number of likely N-dealkylation sites (tertiary alicyclic amines) is 1. The number of nitrogens with zero attached hydrogens (tertiary/aromatic N) is 2. The topological polar surface area (TPSA) is 61.0 Å². The van der Waals surface area contributed by atoms with E-state index in [0.717, 1.165) is 29.7 Å². The highest BCUT2D eigenvalue weighted by Crippen LogP contribution is 2.27. The van der Waals surface area contributed by atoms with E-state index in [0.29, 0.717) is 11.7 Å². The Hall–Kier alpha value is -1.66. The summed E-state index contributed by atoms with van der Waals surface area (Å²) in [5, 5.41) is 10.3. The summed E-state index contributed by atoms with van der Waals surface area (Å²) in [4.78, 5) is 15.0. The van der Waals surface area contributed by atoms with Crippen molar-refractivity contribution in [1.82, 2.24) is 20.4 Å². The molecule has 1 aromatic heterocycles. The molecule has 0 aliphatic carbocycles. The largest absolute Gasteiger partial charge is 0.347 e. The molecule has 1 aromatic carbocycles. The molecule has 0 radical (unpaired) electrons. The second-order valence-corrected chi connectivity index (χ2v) is 7.79. The number of aromatic nitrogens is 2. The first-order valence-corrected chi connectivity index (χ1v) is 9.60. The van der Waals surface area contributed by atoms with Gasteiger partial charge < -0.3 is 5.32 Å². The highest BCUT2D eigenvalue weighted by Gasteiger charge is 2.29. The van der Waals surface area contributed by atoms with Crippen molar-refractivity contribution in [3.05, 3.63) is 51.8 Å². The molecule has 2 aromatic rings. The number of benzene rings is 1. The van der Waals surface area contributed by atoms with Crippen molar-refractivity contribution in [2.45, 2.75) is 45.2 Å². The second kappa shape index (κ2) is 7.70. The Labute approximate surface area is 157 Å². The Bertz CT molecular complexity index is 728. The van der Waals surface area contributed by atoms with Crippen LogP contribution in [0.15, 0.2) is 34.8 Å². The fourth-order valence-corrected chi connectivity index (χ4v) is 4.14. The summed E-state index contributed by atoms with van der Waals surface area (Å²) in [5.41, 5.74) is 2.71. The van der Waals surface area contributed by atoms with E-state index in [1.807, 2.05) is 6.07 Å². The standard InChI is InChI=1S/C19H25BrN4O/c1-12(2)17-16(20)18(23-22-17)19(25)21-15-9-10-24(11-15)13(3)14-7-5-4-6-8-14/h4-8,12-13,15H,9-11H2,1-3H3,(H,21,25)(H,22,23). The Morgan fingerprint density at radius 2 is 2.04 bits per heavy atom. The quantitative estimate of drug-likeness (QED) is 0.794. The van der Waals surface area contributed by atoms with Crippen LogP contribution in [0, 0.1) is 0 Å². The normalized spacial score (nSPS) is 19.3. The van der Waals surface area contributed by atoms with E-state index in [4.69, 9.17) is 0 Å². The predicted octanol–water partition coefficient (Wildman–Crippen LogP) is 3.86. The van der Waals surface area contributed by atoms with Gasteiger partial charge in [-0.3, -0.25) is 14.8 Å². The van der Waals surface area contributed by atoms with Crippen molar-refractivity contribution in [3.63, 3.8) is 0 Å². The minimum Gasteiger partial charge on any atom is -0.347 e. The van der Waals surface area contributed by atoms with Crippen LogP contribution in [-0.2, 0) is 0 Å². The number of nitrogens with one attached hydrogen (secondary N) is 2. The number of rotatable bonds is 5. The number of H-pyrrole nitrogens is 1. The zero-order valence-corrected chi connectivity index (χ0v) is 16.5. The average Bonchev–Trinajstić information content (AvgIpc) is 3.21. The smallest absolute Gasteiger partial charge is 0.273 e. The number of hydrogen-bond acceptors (Lipinski definition) is 3. The zero-order valence-electron chi connectivity index (χ0n) is 14.9. The van der Waals surface area contributed by atoms with Crippen LogP contribution in [0.5, 0.6) is 0 Å². The lowest BCUT2D eigenvalue weighted by atomic mass is 10.1. The molecule has 25 heavy (non-hydrogen) atoms. The molecule has 1 aliphatic heterocycles. The fraction of sp³-hybridized carbons (Fsp3) is 0.474. The molecule has 0 saturated carbocycles. The van der Waals surface area contributed by atoms with Crippen LogP contribution in [0.2, 0.25) is 0 Å². The molecule has 3 rings (SSSR count). The summed E-state index contributed by atoms with van der Waals surface area (Å²) in [7, 11) is 0. The molecule has 0 bridgehead atoms. The zero-order chi connectivity index (χ0) is 18.0. The van der Waals surface area contributed by atoms with E-state index in [1.165, 1.54) is 5.56 Å². The van der Waals surface area contributed by atoms with Gasteiger partial charge in [-0.2, -0.15) is 5.10 Å². The summed E-state index contributed by atoms with van der Waals surface area (Å²) < 4.78 is 0.771. The molecule has 5 nitrogen and oxygen atoms in total. The second-order valence-electron chi connectivity index (χ2n) is 7.00. The molecule has 1 fully saturated rings. The Kier molecular flexibility index (Phi) is 5.59. The highest BCUT2D eigenvalue weighted by atomic mass is 79.9. The average molecular weight is 405 g/mol. The first-order valence-electron chi connectivity index (χ1n) is 8.81. The van der Waals surface area contributed by atoms with Gasteiger partial charge in [-0.25, -0.2) is 0 Å². The molecule has 2 unspecified atom stereocenters. The maximum Gasteiger partial charge on any atom is 0.273 e. The van der Waals surface area contributed by atoms with Crippen molar-refractivity contribution < 1.29 is 4.79 Å². The van der Waals surface area contributed by atoms with Crippen LogP contribution in [0.1, 0.15) is 60.9 Å². The number of amides is 1. The molecule has 134 valence electrons. The third-order valence-corrected chi connectivity index (χ3v) is 5.71. The minimum absolute atomic E-state index is 0.116.